The molecule has 1 unspecified atom stereocenters. The number of hydrogen-bond acceptors (Lipinski definition) is 5. The highest BCUT2D eigenvalue weighted by atomic mass is 15.5. The maximum absolute atomic E-state index is 5.06. The molecule has 5 nitrogen and oxygen atoms in total. The highest BCUT2D eigenvalue weighted by Gasteiger charge is 2.41. The van der Waals surface area contributed by atoms with Gasteiger partial charge < -0.3 is 10.6 Å². The lowest BCUT2D eigenvalue weighted by molar-refractivity contribution is 0.0307. The molecular weight excluding hydrogens is 514 g/mol. The molecule has 42 heavy (non-hydrogen) atoms. The molecule has 3 N–H and O–H groups in total. The molecule has 5 heteroatoms. The summed E-state index contributed by atoms with van der Waals surface area (Å²) in [6.07, 6.45) is 20.6. The van der Waals surface area contributed by atoms with Crippen LogP contribution in [0.15, 0.2) is 101 Å². The van der Waals surface area contributed by atoms with Gasteiger partial charge in [0.2, 0.25) is 0 Å². The van der Waals surface area contributed by atoms with Crippen LogP contribution in [0, 0.1) is 11.3 Å². The molecule has 3 heterocycles. The summed E-state index contributed by atoms with van der Waals surface area (Å²) in [5.74, 6) is 0.681. The molecular formula is C37H61N5. The Hall–Kier alpha value is -3.05. The van der Waals surface area contributed by atoms with Crippen molar-refractivity contribution in [3.8, 4) is 0 Å². The Morgan fingerprint density at radius 2 is 1.76 bits per heavy atom. The molecule has 0 amide bonds. The Morgan fingerprint density at radius 1 is 1.14 bits per heavy atom. The monoisotopic (exact) mass is 575 g/mol. The van der Waals surface area contributed by atoms with Crippen LogP contribution >= 0.6 is 0 Å². The van der Waals surface area contributed by atoms with Crippen molar-refractivity contribution in [3.05, 3.63) is 96.2 Å². The third kappa shape index (κ3) is 9.22. The number of hydrazine groups is 1. The Bertz CT molecular complexity index is 1080. The average molecular weight is 576 g/mol. The molecule has 4 aliphatic rings. The van der Waals surface area contributed by atoms with Crippen molar-refractivity contribution in [1.29, 1.82) is 0 Å². The second-order valence-corrected chi connectivity index (χ2v) is 11.2. The topological polar surface area (TPSA) is 56.9 Å². The fourth-order valence-corrected chi connectivity index (χ4v) is 5.65. The van der Waals surface area contributed by atoms with Gasteiger partial charge in [-0.15, -0.1) is 6.58 Å². The van der Waals surface area contributed by atoms with Crippen LogP contribution in [-0.2, 0) is 0 Å². The van der Waals surface area contributed by atoms with Gasteiger partial charge in [-0.05, 0) is 94.9 Å². The first-order valence-corrected chi connectivity index (χ1v) is 16.1. The third-order valence-electron chi connectivity index (χ3n) is 8.41. The number of likely N-dealkylation sites (tertiary alicyclic amines) is 1. The summed E-state index contributed by atoms with van der Waals surface area (Å²) >= 11 is 0. The Balaban J connectivity index is 0.00000116. The van der Waals surface area contributed by atoms with Crippen LogP contribution in [-0.4, -0.2) is 41.3 Å². The number of aliphatic imine (C=N–C) groups is 1. The molecule has 1 atom stereocenters. The maximum atomic E-state index is 5.06. The number of hydrogen-bond donors (Lipinski definition) is 2. The SMILES string of the molecule is C=CCC1(CC)CN(C2=CC3=C(C(/C=C(\C=C)C(C)N=C(C)C4CCC4)=C(C)C)CNN3C=C2)C1.C=CN.CC.CC. The van der Waals surface area contributed by atoms with E-state index in [1.54, 1.807) is 0 Å². The van der Waals surface area contributed by atoms with Crippen LogP contribution in [0.3, 0.4) is 0 Å². The number of nitrogens with zero attached hydrogens (tertiary/aromatic N) is 3. The van der Waals surface area contributed by atoms with Gasteiger partial charge in [0.05, 0.1) is 11.7 Å². The Morgan fingerprint density at radius 3 is 2.24 bits per heavy atom. The van der Waals surface area contributed by atoms with Gasteiger partial charge in [-0.25, -0.2) is 5.43 Å². The van der Waals surface area contributed by atoms with Crippen molar-refractivity contribution >= 4 is 5.71 Å². The van der Waals surface area contributed by atoms with Crippen molar-refractivity contribution in [1.82, 2.24) is 15.3 Å². The minimum atomic E-state index is 0.115. The molecule has 1 aliphatic carbocycles. The molecule has 0 aromatic rings. The van der Waals surface area contributed by atoms with Crippen molar-refractivity contribution in [2.24, 2.45) is 22.1 Å². The van der Waals surface area contributed by atoms with Crippen LogP contribution in [0.25, 0.3) is 0 Å². The Kier molecular flexibility index (Phi) is 16.3. The summed E-state index contributed by atoms with van der Waals surface area (Å²) in [6.45, 7) is 33.4. The molecule has 4 rings (SSSR count). The number of nitrogens with one attached hydrogen (secondary N) is 1. The predicted octanol–water partition coefficient (Wildman–Crippen LogP) is 9.00. The summed E-state index contributed by atoms with van der Waals surface area (Å²) in [4.78, 5) is 7.57. The molecule has 0 aromatic heterocycles. The summed E-state index contributed by atoms with van der Waals surface area (Å²) in [5.41, 5.74) is 17.5. The molecule has 0 aromatic carbocycles. The molecule has 3 aliphatic heterocycles. The first-order chi connectivity index (χ1) is 20.2. The molecule has 0 bridgehead atoms. The summed E-state index contributed by atoms with van der Waals surface area (Å²) in [6, 6.07) is 0.115. The third-order valence-corrected chi connectivity index (χ3v) is 8.41. The van der Waals surface area contributed by atoms with Gasteiger partial charge in [-0.3, -0.25) is 10.0 Å². The standard InChI is InChI=1S/C31H44N4.C2H5N.2C2H6/c1-8-15-31(10-3)20-34(21-31)27-14-16-35-30(18-27)29(19-32-35)28(22(4)5)17-25(9-2)23(6)33-24(7)26-12-11-13-26;1-2-3;2*1-2/h8-9,14,16-18,23,26,32H,1-2,10-13,15,19-21H2,3-7H3;2H,1,3H2;2*1-2H3/b25-17+,33-24?;;;. The lowest BCUT2D eigenvalue weighted by atomic mass is 9.74. The van der Waals surface area contributed by atoms with Crippen molar-refractivity contribution in [2.45, 2.75) is 100 Å². The van der Waals surface area contributed by atoms with E-state index in [4.69, 9.17) is 4.99 Å². The van der Waals surface area contributed by atoms with Crippen LogP contribution in [0.1, 0.15) is 94.4 Å². The van der Waals surface area contributed by atoms with E-state index in [0.29, 0.717) is 11.3 Å². The molecule has 1 saturated heterocycles. The van der Waals surface area contributed by atoms with E-state index in [0.717, 1.165) is 26.1 Å². The average Bonchev–Trinajstić information content (AvgIpc) is 3.35. The fraction of sp³-hybridized carbons (Fsp3) is 0.541. The van der Waals surface area contributed by atoms with Gasteiger partial charge in [-0.1, -0.05) is 71.9 Å². The highest BCUT2D eigenvalue weighted by Crippen LogP contribution is 2.41. The quantitative estimate of drug-likeness (QED) is 0.155. The number of fused-ring (bicyclic) bond motifs is 1. The smallest absolute Gasteiger partial charge is 0.0720 e. The van der Waals surface area contributed by atoms with Crippen LogP contribution < -0.4 is 11.2 Å². The summed E-state index contributed by atoms with van der Waals surface area (Å²) in [5, 5.41) is 2.17. The van der Waals surface area contributed by atoms with E-state index in [-0.39, 0.29) is 6.04 Å². The van der Waals surface area contributed by atoms with Crippen molar-refractivity contribution in [2.75, 3.05) is 19.6 Å². The largest absolute Gasteiger partial charge is 0.405 e. The van der Waals surface area contributed by atoms with Crippen LogP contribution in [0.5, 0.6) is 0 Å². The Labute approximate surface area is 259 Å². The predicted molar refractivity (Wildman–Crippen MR) is 187 cm³/mol. The van der Waals surface area contributed by atoms with Gasteiger partial charge in [0.25, 0.3) is 0 Å². The number of nitrogens with two attached hydrogens (primary N) is 1. The summed E-state index contributed by atoms with van der Waals surface area (Å²) in [7, 11) is 0. The number of allylic oxidation sites excluding steroid dienone is 5. The fourth-order valence-electron chi connectivity index (χ4n) is 5.65. The number of rotatable bonds is 10. The first kappa shape index (κ1) is 37.0. The zero-order valence-electron chi connectivity index (χ0n) is 28.4. The molecule has 0 radical (unpaired) electrons. The van der Waals surface area contributed by atoms with E-state index in [1.165, 1.54) is 71.3 Å². The van der Waals surface area contributed by atoms with Crippen LogP contribution in [0.2, 0.25) is 0 Å². The van der Waals surface area contributed by atoms with E-state index >= 15 is 0 Å². The minimum Gasteiger partial charge on any atom is -0.405 e. The zero-order valence-corrected chi connectivity index (χ0v) is 28.4. The van der Waals surface area contributed by atoms with Gasteiger partial charge >= 0.3 is 0 Å². The second kappa shape index (κ2) is 18.5. The molecule has 1 saturated carbocycles. The van der Waals surface area contributed by atoms with Gasteiger partial charge in [-0.2, -0.15) is 0 Å². The van der Waals surface area contributed by atoms with E-state index in [9.17, 15) is 0 Å². The summed E-state index contributed by atoms with van der Waals surface area (Å²) < 4.78 is 0. The van der Waals surface area contributed by atoms with Crippen molar-refractivity contribution in [3.63, 3.8) is 0 Å². The lowest BCUT2D eigenvalue weighted by Crippen LogP contribution is -2.55. The van der Waals surface area contributed by atoms with E-state index in [2.05, 4.69) is 106 Å². The van der Waals surface area contributed by atoms with Gasteiger partial charge in [0, 0.05) is 48.2 Å². The normalized spacial score (nSPS) is 19.6. The molecule has 234 valence electrons. The molecule has 2 fully saturated rings. The van der Waals surface area contributed by atoms with E-state index < -0.39 is 0 Å². The first-order valence-electron chi connectivity index (χ1n) is 16.1. The van der Waals surface area contributed by atoms with Crippen molar-refractivity contribution < 1.29 is 0 Å². The second-order valence-electron chi connectivity index (χ2n) is 11.2. The van der Waals surface area contributed by atoms with Gasteiger partial charge in [0.15, 0.2) is 0 Å². The van der Waals surface area contributed by atoms with E-state index in [1.807, 2.05) is 33.8 Å². The molecule has 0 spiro atoms. The highest BCUT2D eigenvalue weighted by molar-refractivity contribution is 5.85. The lowest BCUT2D eigenvalue weighted by Gasteiger charge is -2.52. The van der Waals surface area contributed by atoms with Gasteiger partial charge in [0.1, 0.15) is 0 Å². The zero-order chi connectivity index (χ0) is 31.9. The maximum Gasteiger partial charge on any atom is 0.0720 e. The van der Waals surface area contributed by atoms with Crippen LogP contribution in [0.4, 0.5) is 0 Å². The minimum absolute atomic E-state index is 0.115.